The number of ether oxygens (including phenoxy) is 1. The summed E-state index contributed by atoms with van der Waals surface area (Å²) < 4.78 is 32.2. The van der Waals surface area contributed by atoms with Gasteiger partial charge in [0.25, 0.3) is 5.91 Å². The maximum absolute atomic E-state index is 12.9. The molecular formula is C23H25ClN2O5S. The molecule has 2 aromatic carbocycles. The fourth-order valence-corrected chi connectivity index (χ4v) is 4.93. The fourth-order valence-electron chi connectivity index (χ4n) is 3.26. The first kappa shape index (κ1) is 24.0. The van der Waals surface area contributed by atoms with E-state index in [1.165, 1.54) is 22.5 Å². The van der Waals surface area contributed by atoms with Crippen molar-refractivity contribution in [3.05, 3.63) is 64.7 Å². The average Bonchev–Trinajstić information content (AvgIpc) is 2.79. The molecule has 0 saturated carbocycles. The van der Waals surface area contributed by atoms with Gasteiger partial charge in [0.2, 0.25) is 10.0 Å². The number of anilines is 1. The average molecular weight is 477 g/mol. The topological polar surface area (TPSA) is 92.8 Å². The maximum atomic E-state index is 12.9. The summed E-state index contributed by atoms with van der Waals surface area (Å²) in [7, 11) is -3.62. The van der Waals surface area contributed by atoms with Gasteiger partial charge in [-0.2, -0.15) is 4.31 Å². The fraction of sp³-hybridized carbons (Fsp3) is 0.304. The number of halogens is 1. The predicted octanol–water partition coefficient (Wildman–Crippen LogP) is 4.02. The minimum Gasteiger partial charge on any atom is -0.452 e. The monoisotopic (exact) mass is 476 g/mol. The number of rotatable bonds is 7. The van der Waals surface area contributed by atoms with Crippen molar-refractivity contribution < 1.29 is 22.7 Å². The quantitative estimate of drug-likeness (QED) is 0.481. The van der Waals surface area contributed by atoms with Crippen LogP contribution in [0.1, 0.15) is 30.4 Å². The molecule has 0 unspecified atom stereocenters. The maximum Gasteiger partial charge on any atom is 0.331 e. The summed E-state index contributed by atoms with van der Waals surface area (Å²) in [4.78, 5) is 24.3. The number of carbonyl (C=O) groups is 2. The van der Waals surface area contributed by atoms with Crippen molar-refractivity contribution in [1.82, 2.24) is 4.31 Å². The number of sulfonamides is 1. The normalized spacial score (nSPS) is 14.9. The van der Waals surface area contributed by atoms with Crippen LogP contribution in [0.2, 0.25) is 5.02 Å². The highest BCUT2D eigenvalue weighted by atomic mass is 35.5. The number of esters is 1. The van der Waals surface area contributed by atoms with Gasteiger partial charge in [-0.25, -0.2) is 13.2 Å². The Morgan fingerprint density at radius 3 is 2.47 bits per heavy atom. The number of benzene rings is 2. The van der Waals surface area contributed by atoms with Gasteiger partial charge >= 0.3 is 5.97 Å². The molecule has 32 heavy (non-hydrogen) atoms. The third-order valence-corrected chi connectivity index (χ3v) is 7.21. The third-order valence-electron chi connectivity index (χ3n) is 5.06. The molecule has 1 aliphatic rings. The standard InChI is InChI=1S/C23H25ClN2O5S/c1-17-5-11-20(32(29,30)26-13-3-2-4-14-26)15-21(17)25-22(27)16-31-23(28)12-8-18-6-9-19(24)10-7-18/h5-12,15H,2-4,13-14,16H2,1H3,(H,25,27)/b12-8+. The lowest BCUT2D eigenvalue weighted by Crippen LogP contribution is -2.35. The van der Waals surface area contributed by atoms with Gasteiger partial charge < -0.3 is 10.1 Å². The van der Waals surface area contributed by atoms with Crippen molar-refractivity contribution in [2.75, 3.05) is 25.0 Å². The zero-order valence-electron chi connectivity index (χ0n) is 17.7. The van der Waals surface area contributed by atoms with Crippen LogP contribution in [0.5, 0.6) is 0 Å². The van der Waals surface area contributed by atoms with Crippen molar-refractivity contribution in [2.24, 2.45) is 0 Å². The highest BCUT2D eigenvalue weighted by Crippen LogP contribution is 2.25. The van der Waals surface area contributed by atoms with Gasteiger partial charge in [0.05, 0.1) is 4.90 Å². The highest BCUT2D eigenvalue weighted by Gasteiger charge is 2.26. The molecule has 1 N–H and O–H groups in total. The zero-order chi connectivity index (χ0) is 23.1. The van der Waals surface area contributed by atoms with E-state index >= 15 is 0 Å². The molecule has 1 heterocycles. The molecule has 1 aliphatic heterocycles. The molecule has 0 spiro atoms. The van der Waals surface area contributed by atoms with Crippen LogP contribution in [-0.4, -0.2) is 44.3 Å². The number of nitrogens with one attached hydrogen (secondary N) is 1. The summed E-state index contributed by atoms with van der Waals surface area (Å²) in [5, 5.41) is 3.21. The Morgan fingerprint density at radius 2 is 1.78 bits per heavy atom. The number of amides is 1. The molecule has 7 nitrogen and oxygen atoms in total. The molecular weight excluding hydrogens is 452 g/mol. The summed E-state index contributed by atoms with van der Waals surface area (Å²) in [6, 6.07) is 11.5. The Labute approximate surface area is 193 Å². The third kappa shape index (κ3) is 6.41. The van der Waals surface area contributed by atoms with E-state index in [2.05, 4.69) is 5.32 Å². The van der Waals surface area contributed by atoms with E-state index in [0.717, 1.165) is 24.8 Å². The van der Waals surface area contributed by atoms with Crippen molar-refractivity contribution in [3.8, 4) is 0 Å². The summed E-state index contributed by atoms with van der Waals surface area (Å²) in [6.45, 7) is 2.26. The molecule has 1 saturated heterocycles. The number of aryl methyl sites for hydroxylation is 1. The number of piperidine rings is 1. The first-order chi connectivity index (χ1) is 15.3. The van der Waals surface area contributed by atoms with Gasteiger partial charge in [-0.05, 0) is 61.2 Å². The second kappa shape index (κ2) is 10.8. The van der Waals surface area contributed by atoms with E-state index in [1.807, 2.05) is 0 Å². The van der Waals surface area contributed by atoms with E-state index in [9.17, 15) is 18.0 Å². The molecule has 2 aromatic rings. The Balaban J connectivity index is 1.59. The van der Waals surface area contributed by atoms with E-state index in [4.69, 9.17) is 16.3 Å². The van der Waals surface area contributed by atoms with Gasteiger partial charge in [-0.15, -0.1) is 0 Å². The van der Waals surface area contributed by atoms with E-state index in [1.54, 1.807) is 43.3 Å². The highest BCUT2D eigenvalue weighted by molar-refractivity contribution is 7.89. The zero-order valence-corrected chi connectivity index (χ0v) is 19.3. The second-order valence-electron chi connectivity index (χ2n) is 7.48. The smallest absolute Gasteiger partial charge is 0.331 e. The van der Waals surface area contributed by atoms with Crippen LogP contribution in [0.3, 0.4) is 0 Å². The minimum atomic E-state index is -3.62. The Kier molecular flexibility index (Phi) is 8.06. The Hall–Kier alpha value is -2.68. The predicted molar refractivity (Wildman–Crippen MR) is 124 cm³/mol. The summed E-state index contributed by atoms with van der Waals surface area (Å²) in [5.74, 6) is -1.23. The molecule has 0 aliphatic carbocycles. The molecule has 170 valence electrons. The molecule has 0 radical (unpaired) electrons. The summed E-state index contributed by atoms with van der Waals surface area (Å²) in [6.07, 6.45) is 5.47. The summed E-state index contributed by atoms with van der Waals surface area (Å²) in [5.41, 5.74) is 1.82. The first-order valence-corrected chi connectivity index (χ1v) is 12.1. The number of hydrogen-bond donors (Lipinski definition) is 1. The van der Waals surface area contributed by atoms with Crippen molar-refractivity contribution in [3.63, 3.8) is 0 Å². The van der Waals surface area contributed by atoms with Crippen LogP contribution >= 0.6 is 11.6 Å². The largest absolute Gasteiger partial charge is 0.452 e. The second-order valence-corrected chi connectivity index (χ2v) is 9.86. The van der Waals surface area contributed by atoms with Crippen LogP contribution in [0.4, 0.5) is 5.69 Å². The lowest BCUT2D eigenvalue weighted by Gasteiger charge is -2.26. The molecule has 9 heteroatoms. The van der Waals surface area contributed by atoms with Crippen molar-refractivity contribution >= 4 is 45.3 Å². The molecule has 0 bridgehead atoms. The van der Waals surface area contributed by atoms with Gasteiger partial charge in [0.1, 0.15) is 0 Å². The van der Waals surface area contributed by atoms with Crippen LogP contribution < -0.4 is 5.32 Å². The van der Waals surface area contributed by atoms with Gasteiger partial charge in [-0.3, -0.25) is 4.79 Å². The summed E-state index contributed by atoms with van der Waals surface area (Å²) >= 11 is 5.81. The molecule has 1 fully saturated rings. The molecule has 0 aromatic heterocycles. The lowest BCUT2D eigenvalue weighted by atomic mass is 10.2. The van der Waals surface area contributed by atoms with Crippen LogP contribution in [0.25, 0.3) is 6.08 Å². The number of hydrogen-bond acceptors (Lipinski definition) is 5. The van der Waals surface area contributed by atoms with Gasteiger partial charge in [0, 0.05) is 29.9 Å². The Morgan fingerprint density at radius 1 is 1.09 bits per heavy atom. The van der Waals surface area contributed by atoms with E-state index in [0.29, 0.717) is 29.4 Å². The Bertz CT molecular complexity index is 1110. The molecule has 3 rings (SSSR count). The van der Waals surface area contributed by atoms with E-state index in [-0.39, 0.29) is 4.90 Å². The van der Waals surface area contributed by atoms with Crippen LogP contribution in [0.15, 0.2) is 53.4 Å². The van der Waals surface area contributed by atoms with E-state index < -0.39 is 28.5 Å². The molecule has 1 amide bonds. The SMILES string of the molecule is Cc1ccc(S(=O)(=O)N2CCCCC2)cc1NC(=O)COC(=O)/C=C/c1ccc(Cl)cc1. The van der Waals surface area contributed by atoms with Gasteiger partial charge in [0.15, 0.2) is 6.61 Å². The minimum absolute atomic E-state index is 0.128. The first-order valence-electron chi connectivity index (χ1n) is 10.3. The van der Waals surface area contributed by atoms with Crippen LogP contribution in [-0.2, 0) is 24.3 Å². The molecule has 0 atom stereocenters. The van der Waals surface area contributed by atoms with Crippen molar-refractivity contribution in [2.45, 2.75) is 31.1 Å². The number of nitrogens with zero attached hydrogens (tertiary/aromatic N) is 1. The van der Waals surface area contributed by atoms with Crippen LogP contribution in [0, 0.1) is 6.92 Å². The number of carbonyl (C=O) groups excluding carboxylic acids is 2. The lowest BCUT2D eigenvalue weighted by molar-refractivity contribution is -0.142. The van der Waals surface area contributed by atoms with Gasteiger partial charge in [-0.1, -0.05) is 36.2 Å². The van der Waals surface area contributed by atoms with Crippen molar-refractivity contribution in [1.29, 1.82) is 0 Å².